The molecule has 0 atom stereocenters. The molecule has 3 heterocycles. The molecule has 2 aliphatic rings. The number of thiophene rings is 1. The van der Waals surface area contributed by atoms with Gasteiger partial charge in [0.15, 0.2) is 5.96 Å². The summed E-state index contributed by atoms with van der Waals surface area (Å²) in [5.74, 6) is 1.49. The number of piperidine rings is 1. The van der Waals surface area contributed by atoms with Crippen LogP contribution in [0.25, 0.3) is 0 Å². The van der Waals surface area contributed by atoms with E-state index in [1.165, 1.54) is 56.5 Å². The number of hydrogen-bond acceptors (Lipinski definition) is 3. The molecule has 0 unspecified atom stereocenters. The van der Waals surface area contributed by atoms with E-state index in [0.29, 0.717) is 5.92 Å². The number of aliphatic imine (C=N–C) groups is 1. The van der Waals surface area contributed by atoms with E-state index < -0.39 is 0 Å². The van der Waals surface area contributed by atoms with Crippen molar-refractivity contribution < 1.29 is 0 Å². The Hall–Kier alpha value is -1.07. The summed E-state index contributed by atoms with van der Waals surface area (Å²) in [4.78, 5) is 11.1. The molecule has 1 aromatic heterocycles. The van der Waals surface area contributed by atoms with E-state index in [2.05, 4.69) is 27.3 Å². The highest BCUT2D eigenvalue weighted by atomic mass is 32.1. The van der Waals surface area contributed by atoms with Gasteiger partial charge in [-0.25, -0.2) is 0 Å². The number of likely N-dealkylation sites (tertiary alicyclic amines) is 2. The lowest BCUT2D eigenvalue weighted by atomic mass is 9.97. The molecule has 128 valence electrons. The fraction of sp³-hybridized carbons (Fsp3) is 0.722. The van der Waals surface area contributed by atoms with Crippen LogP contribution in [-0.2, 0) is 6.54 Å². The minimum Gasteiger partial charge on any atom is -0.370 e. The maximum atomic E-state index is 6.22. The van der Waals surface area contributed by atoms with Gasteiger partial charge in [-0.2, -0.15) is 0 Å². The summed E-state index contributed by atoms with van der Waals surface area (Å²) in [7, 11) is 0. The van der Waals surface area contributed by atoms with Gasteiger partial charge < -0.3 is 10.6 Å². The maximum absolute atomic E-state index is 6.22. The zero-order chi connectivity index (χ0) is 15.9. The molecular formula is C18H30N4S. The molecule has 3 rings (SSSR count). The van der Waals surface area contributed by atoms with Gasteiger partial charge >= 0.3 is 0 Å². The molecule has 2 fully saturated rings. The predicted octanol–water partition coefficient (Wildman–Crippen LogP) is 3.15. The maximum Gasteiger partial charge on any atom is 0.191 e. The minimum absolute atomic E-state index is 0.708. The van der Waals surface area contributed by atoms with Crippen molar-refractivity contribution in [1.82, 2.24) is 9.80 Å². The molecular weight excluding hydrogens is 304 g/mol. The van der Waals surface area contributed by atoms with Crippen molar-refractivity contribution in [3.05, 3.63) is 22.4 Å². The lowest BCUT2D eigenvalue weighted by molar-refractivity contribution is 0.182. The predicted molar refractivity (Wildman–Crippen MR) is 98.9 cm³/mol. The summed E-state index contributed by atoms with van der Waals surface area (Å²) in [6, 6.07) is 4.38. The van der Waals surface area contributed by atoms with Crippen molar-refractivity contribution in [1.29, 1.82) is 0 Å². The zero-order valence-corrected chi connectivity index (χ0v) is 14.9. The molecule has 2 aliphatic heterocycles. The average molecular weight is 335 g/mol. The first-order valence-corrected chi connectivity index (χ1v) is 9.99. The molecule has 0 aliphatic carbocycles. The molecule has 2 N–H and O–H groups in total. The smallest absolute Gasteiger partial charge is 0.191 e. The Morgan fingerprint density at radius 1 is 1.13 bits per heavy atom. The van der Waals surface area contributed by atoms with Crippen LogP contribution < -0.4 is 5.73 Å². The van der Waals surface area contributed by atoms with E-state index in [1.54, 1.807) is 0 Å². The van der Waals surface area contributed by atoms with Crippen LogP contribution in [0.3, 0.4) is 0 Å². The second-order valence-corrected chi connectivity index (χ2v) is 7.93. The lowest BCUT2D eigenvalue weighted by Crippen LogP contribution is -2.39. The summed E-state index contributed by atoms with van der Waals surface area (Å²) in [5, 5.41) is 2.17. The largest absolute Gasteiger partial charge is 0.370 e. The molecule has 0 amide bonds. The number of nitrogens with zero attached hydrogens (tertiary/aromatic N) is 3. The molecule has 4 nitrogen and oxygen atoms in total. The Kier molecular flexibility index (Phi) is 6.34. The first-order chi connectivity index (χ1) is 11.3. The van der Waals surface area contributed by atoms with E-state index >= 15 is 0 Å². The van der Waals surface area contributed by atoms with Gasteiger partial charge in [0, 0.05) is 31.1 Å². The summed E-state index contributed by atoms with van der Waals surface area (Å²) >= 11 is 1.86. The third-order valence-corrected chi connectivity index (χ3v) is 5.97. The molecule has 0 saturated carbocycles. The summed E-state index contributed by atoms with van der Waals surface area (Å²) in [6.07, 6.45) is 7.71. The fourth-order valence-electron chi connectivity index (χ4n) is 3.57. The van der Waals surface area contributed by atoms with Crippen LogP contribution in [0.4, 0.5) is 0 Å². The monoisotopic (exact) mass is 334 g/mol. The van der Waals surface area contributed by atoms with Crippen molar-refractivity contribution in [2.24, 2.45) is 16.6 Å². The van der Waals surface area contributed by atoms with Crippen molar-refractivity contribution in [3.63, 3.8) is 0 Å². The van der Waals surface area contributed by atoms with Crippen LogP contribution in [0.5, 0.6) is 0 Å². The van der Waals surface area contributed by atoms with Gasteiger partial charge in [0.1, 0.15) is 0 Å². The third kappa shape index (κ3) is 5.21. The zero-order valence-electron chi connectivity index (χ0n) is 14.1. The van der Waals surface area contributed by atoms with E-state index in [1.807, 2.05) is 11.3 Å². The Bertz CT molecular complexity index is 469. The second kappa shape index (κ2) is 8.69. The molecule has 1 aromatic rings. The van der Waals surface area contributed by atoms with Crippen molar-refractivity contribution >= 4 is 17.3 Å². The van der Waals surface area contributed by atoms with Crippen LogP contribution in [0.15, 0.2) is 22.5 Å². The molecule has 5 heteroatoms. The fourth-order valence-corrected chi connectivity index (χ4v) is 4.32. The van der Waals surface area contributed by atoms with Gasteiger partial charge in [0.2, 0.25) is 0 Å². The Balaban J connectivity index is 1.40. The van der Waals surface area contributed by atoms with Crippen LogP contribution in [0, 0.1) is 5.92 Å². The van der Waals surface area contributed by atoms with Crippen LogP contribution in [0.2, 0.25) is 0 Å². The molecule has 0 bridgehead atoms. The minimum atomic E-state index is 0.708. The Morgan fingerprint density at radius 2 is 1.87 bits per heavy atom. The Labute approximate surface area is 144 Å². The number of guanidine groups is 1. The van der Waals surface area contributed by atoms with Crippen LogP contribution in [0.1, 0.15) is 43.4 Å². The quantitative estimate of drug-likeness (QED) is 0.679. The second-order valence-electron chi connectivity index (χ2n) is 6.90. The van der Waals surface area contributed by atoms with E-state index in [9.17, 15) is 0 Å². The van der Waals surface area contributed by atoms with Gasteiger partial charge in [-0.15, -0.1) is 11.3 Å². The van der Waals surface area contributed by atoms with Gasteiger partial charge in [-0.05, 0) is 56.1 Å². The van der Waals surface area contributed by atoms with Gasteiger partial charge in [0.05, 0.1) is 0 Å². The topological polar surface area (TPSA) is 44.9 Å². The first kappa shape index (κ1) is 16.8. The van der Waals surface area contributed by atoms with Crippen molar-refractivity contribution in [2.45, 2.75) is 45.1 Å². The van der Waals surface area contributed by atoms with Gasteiger partial charge in [0.25, 0.3) is 0 Å². The first-order valence-electron chi connectivity index (χ1n) is 9.11. The number of hydrogen-bond donors (Lipinski definition) is 1. The standard InChI is InChI=1S/C18H30N4S/c19-18(22-9-3-1-2-4-10-22)20-14-16-7-11-21(12-8-16)15-17-6-5-13-23-17/h5-6,13,16H,1-4,7-12,14-15H2,(H2,19,20). The van der Waals surface area contributed by atoms with E-state index in [-0.39, 0.29) is 0 Å². The normalized spacial score (nSPS) is 22.3. The highest BCUT2D eigenvalue weighted by Crippen LogP contribution is 2.21. The third-order valence-electron chi connectivity index (χ3n) is 5.11. The van der Waals surface area contributed by atoms with Crippen molar-refractivity contribution in [2.75, 3.05) is 32.7 Å². The molecule has 0 spiro atoms. The molecule has 23 heavy (non-hydrogen) atoms. The van der Waals surface area contributed by atoms with Crippen LogP contribution >= 0.6 is 11.3 Å². The summed E-state index contributed by atoms with van der Waals surface area (Å²) in [5.41, 5.74) is 6.22. The molecule has 0 aromatic carbocycles. The average Bonchev–Trinajstić information content (AvgIpc) is 2.93. The van der Waals surface area contributed by atoms with E-state index in [4.69, 9.17) is 10.7 Å². The summed E-state index contributed by atoms with van der Waals surface area (Å²) in [6.45, 7) is 6.60. The lowest BCUT2D eigenvalue weighted by Gasteiger charge is -2.31. The molecule has 2 saturated heterocycles. The molecule has 0 radical (unpaired) electrons. The highest BCUT2D eigenvalue weighted by molar-refractivity contribution is 7.09. The SMILES string of the molecule is NC(=NCC1CCN(Cc2cccs2)CC1)N1CCCCCC1. The Morgan fingerprint density at radius 3 is 2.52 bits per heavy atom. The van der Waals surface area contributed by atoms with E-state index in [0.717, 1.165) is 32.1 Å². The number of nitrogens with two attached hydrogens (primary N) is 1. The van der Waals surface area contributed by atoms with Crippen molar-refractivity contribution in [3.8, 4) is 0 Å². The summed E-state index contributed by atoms with van der Waals surface area (Å²) < 4.78 is 0. The number of rotatable bonds is 4. The highest BCUT2D eigenvalue weighted by Gasteiger charge is 2.20. The van der Waals surface area contributed by atoms with Gasteiger partial charge in [-0.1, -0.05) is 18.9 Å². The van der Waals surface area contributed by atoms with Gasteiger partial charge in [-0.3, -0.25) is 9.89 Å². The van der Waals surface area contributed by atoms with Crippen LogP contribution in [-0.4, -0.2) is 48.5 Å².